The van der Waals surface area contributed by atoms with Crippen LogP contribution in [0.2, 0.25) is 0 Å². The molecule has 0 radical (unpaired) electrons. The number of ether oxygens (including phenoxy) is 10. The van der Waals surface area contributed by atoms with Gasteiger partial charge in [-0.05, 0) is 24.6 Å². The van der Waals surface area contributed by atoms with Crippen LogP contribution in [0.4, 0.5) is 0 Å². The van der Waals surface area contributed by atoms with Crippen LogP contribution < -0.4 is 15.7 Å². The molecule has 3 aliphatic heterocycles. The Hall–Kier alpha value is -5.40. The minimum absolute atomic E-state index is 0.0545. The molecule has 18 heteroatoms. The summed E-state index contributed by atoms with van der Waals surface area (Å²) in [7, 11) is 0. The van der Waals surface area contributed by atoms with Gasteiger partial charge in [0.2, 0.25) is 12.2 Å². The van der Waals surface area contributed by atoms with E-state index >= 15 is 0 Å². The summed E-state index contributed by atoms with van der Waals surface area (Å²) in [6.45, 7) is 6.92. The molecule has 3 saturated heterocycles. The lowest BCUT2D eigenvalue weighted by atomic mass is 9.94. The number of aryl methyl sites for hydroxylation is 1. The zero-order chi connectivity index (χ0) is 41.0. The van der Waals surface area contributed by atoms with E-state index in [1.807, 2.05) is 6.07 Å². The lowest BCUT2D eigenvalue weighted by Crippen LogP contribution is -2.70. The number of rotatable bonds is 11. The fourth-order valence-electron chi connectivity index (χ4n) is 6.97. The Morgan fingerprint density at radius 2 is 1.44 bits per heavy atom. The maximum Gasteiger partial charge on any atom is 0.336 e. The Labute approximate surface area is 325 Å². The van der Waals surface area contributed by atoms with Crippen molar-refractivity contribution in [2.75, 3.05) is 13.2 Å². The summed E-state index contributed by atoms with van der Waals surface area (Å²) in [6, 6.07) is 14.0. The third kappa shape index (κ3) is 9.95. The Morgan fingerprint density at radius 3 is 2.11 bits per heavy atom. The van der Waals surface area contributed by atoms with Crippen molar-refractivity contribution < 1.29 is 75.8 Å². The highest BCUT2D eigenvalue weighted by Gasteiger charge is 2.58. The van der Waals surface area contributed by atoms with Crippen LogP contribution in [0.3, 0.4) is 0 Å². The van der Waals surface area contributed by atoms with Crippen molar-refractivity contribution in [3.8, 4) is 5.75 Å². The van der Waals surface area contributed by atoms with Crippen molar-refractivity contribution in [3.05, 3.63) is 76.1 Å². The Bertz CT molecular complexity index is 2020. The van der Waals surface area contributed by atoms with Crippen LogP contribution in [-0.2, 0) is 66.6 Å². The van der Waals surface area contributed by atoms with Crippen LogP contribution in [0, 0.1) is 6.92 Å². The molecule has 6 rings (SSSR count). The quantitative estimate of drug-likeness (QED) is 0.167. The topological polar surface area (TPSA) is 220 Å². The summed E-state index contributed by atoms with van der Waals surface area (Å²) in [5, 5.41) is 3.49. The first-order valence-corrected chi connectivity index (χ1v) is 18.1. The molecule has 1 N–H and O–H groups in total. The molecular weight excluding hydrogens is 754 g/mol. The molecule has 0 bridgehead atoms. The second-order valence-corrected chi connectivity index (χ2v) is 13.6. The van der Waals surface area contributed by atoms with Gasteiger partial charge in [0.1, 0.15) is 48.4 Å². The Morgan fingerprint density at radius 1 is 0.754 bits per heavy atom. The van der Waals surface area contributed by atoms with E-state index in [0.29, 0.717) is 16.5 Å². The van der Waals surface area contributed by atoms with Gasteiger partial charge in [-0.15, -0.1) is 0 Å². The summed E-state index contributed by atoms with van der Waals surface area (Å²) in [4.78, 5) is 74.5. The number of nitrogens with one attached hydrogen (secondary N) is 1. The van der Waals surface area contributed by atoms with Gasteiger partial charge in [-0.2, -0.15) is 0 Å². The summed E-state index contributed by atoms with van der Waals surface area (Å²) < 4.78 is 65.7. The average molecular weight is 798 g/mol. The minimum Gasteiger partial charge on any atom is -0.463 e. The molecule has 18 nitrogen and oxygen atoms in total. The highest BCUT2D eigenvalue weighted by Crippen LogP contribution is 2.39. The molecule has 306 valence electrons. The van der Waals surface area contributed by atoms with Gasteiger partial charge in [0, 0.05) is 57.7 Å². The third-order valence-corrected chi connectivity index (χ3v) is 9.20. The predicted octanol–water partition coefficient (Wildman–Crippen LogP) is 2.29. The first kappa shape index (κ1) is 41.2. The zero-order valence-corrected chi connectivity index (χ0v) is 31.9. The second kappa shape index (κ2) is 17.8. The molecule has 4 heterocycles. The van der Waals surface area contributed by atoms with Crippen LogP contribution in [0.25, 0.3) is 11.0 Å². The van der Waals surface area contributed by atoms with Crippen molar-refractivity contribution in [2.45, 2.75) is 109 Å². The van der Waals surface area contributed by atoms with Crippen LogP contribution in [0.5, 0.6) is 5.75 Å². The standard InChI is InChI=1S/C39H43NO17/c1-18-14-30(46)53-27-15-25(12-13-26(18)27)52-38-31(40-19(2)41)34(32-29(54-38)17-48-37(56-32)24-10-8-7-9-11-24)57-39-36(51-23(6)45)35(50-22(5)44)33(49-21(4)43)28(55-39)16-47-20(3)42/h7-15,28-29,31-39H,16-17H2,1-6H3,(H,40,41)/t28?,29?,31?,32-,33-,34?,35?,36?,37?,38+,39-/m0/s1. The molecule has 7 unspecified atom stereocenters. The molecule has 2 aromatic carbocycles. The maximum absolute atomic E-state index is 12.9. The van der Waals surface area contributed by atoms with Gasteiger partial charge in [0.05, 0.1) is 6.61 Å². The van der Waals surface area contributed by atoms with Crippen LogP contribution in [-0.4, -0.2) is 104 Å². The van der Waals surface area contributed by atoms with E-state index in [-0.39, 0.29) is 17.9 Å². The van der Waals surface area contributed by atoms with Crippen molar-refractivity contribution in [3.63, 3.8) is 0 Å². The number of hydrogen-bond acceptors (Lipinski definition) is 17. The Balaban J connectivity index is 1.42. The molecule has 3 aromatic rings. The van der Waals surface area contributed by atoms with Gasteiger partial charge in [-0.1, -0.05) is 30.3 Å². The van der Waals surface area contributed by atoms with E-state index in [2.05, 4.69) is 5.32 Å². The molecule has 0 saturated carbocycles. The van der Waals surface area contributed by atoms with E-state index in [4.69, 9.17) is 51.8 Å². The number of hydrogen-bond donors (Lipinski definition) is 1. The molecule has 0 aliphatic carbocycles. The van der Waals surface area contributed by atoms with Gasteiger partial charge in [0.15, 0.2) is 30.9 Å². The van der Waals surface area contributed by atoms with Crippen molar-refractivity contribution >= 4 is 40.8 Å². The molecule has 3 fully saturated rings. The van der Waals surface area contributed by atoms with Crippen LogP contribution in [0.1, 0.15) is 52.0 Å². The summed E-state index contributed by atoms with van der Waals surface area (Å²) in [5.41, 5.74) is 1.02. The largest absolute Gasteiger partial charge is 0.463 e. The zero-order valence-electron chi connectivity index (χ0n) is 31.9. The van der Waals surface area contributed by atoms with E-state index in [1.54, 1.807) is 43.3 Å². The molecule has 1 amide bonds. The fourth-order valence-corrected chi connectivity index (χ4v) is 6.97. The molecule has 57 heavy (non-hydrogen) atoms. The highest BCUT2D eigenvalue weighted by molar-refractivity contribution is 5.81. The fraction of sp³-hybridized carbons (Fsp3) is 0.487. The van der Waals surface area contributed by atoms with Crippen molar-refractivity contribution in [2.24, 2.45) is 0 Å². The Kier molecular flexibility index (Phi) is 12.9. The smallest absolute Gasteiger partial charge is 0.336 e. The number of esters is 4. The number of amides is 1. The minimum atomic E-state index is -1.66. The first-order valence-electron chi connectivity index (χ1n) is 18.1. The average Bonchev–Trinajstić information content (AvgIpc) is 3.13. The van der Waals surface area contributed by atoms with Gasteiger partial charge < -0.3 is 57.1 Å². The van der Waals surface area contributed by atoms with Crippen molar-refractivity contribution in [1.29, 1.82) is 0 Å². The van der Waals surface area contributed by atoms with Crippen LogP contribution in [0.15, 0.2) is 63.8 Å². The van der Waals surface area contributed by atoms with Gasteiger partial charge >= 0.3 is 29.5 Å². The number of benzene rings is 2. The molecule has 1 aromatic heterocycles. The van der Waals surface area contributed by atoms with E-state index < -0.39 is 110 Å². The van der Waals surface area contributed by atoms with E-state index in [0.717, 1.165) is 27.7 Å². The number of carbonyl (C=O) groups is 5. The molecular formula is C39H43NO17. The van der Waals surface area contributed by atoms with E-state index in [9.17, 15) is 28.8 Å². The summed E-state index contributed by atoms with van der Waals surface area (Å²) >= 11 is 0. The lowest BCUT2D eigenvalue weighted by Gasteiger charge is -2.51. The lowest BCUT2D eigenvalue weighted by molar-refractivity contribution is -0.372. The monoisotopic (exact) mass is 797 g/mol. The third-order valence-electron chi connectivity index (χ3n) is 9.20. The highest BCUT2D eigenvalue weighted by atomic mass is 16.8. The normalized spacial score (nSPS) is 29.6. The second-order valence-electron chi connectivity index (χ2n) is 13.6. The van der Waals surface area contributed by atoms with Gasteiger partial charge in [-0.25, -0.2) is 4.79 Å². The summed E-state index contributed by atoms with van der Waals surface area (Å²) in [5.74, 6) is -3.52. The number of fused-ring (bicyclic) bond motifs is 2. The van der Waals surface area contributed by atoms with Gasteiger partial charge in [-0.3, -0.25) is 24.0 Å². The molecule has 11 atom stereocenters. The van der Waals surface area contributed by atoms with Crippen molar-refractivity contribution in [1.82, 2.24) is 5.32 Å². The molecule has 0 spiro atoms. The van der Waals surface area contributed by atoms with E-state index in [1.165, 1.54) is 19.1 Å². The predicted molar refractivity (Wildman–Crippen MR) is 191 cm³/mol. The summed E-state index contributed by atoms with van der Waals surface area (Å²) in [6.07, 6.45) is -13.1. The van der Waals surface area contributed by atoms with Gasteiger partial charge in [0.25, 0.3) is 0 Å². The molecule has 3 aliphatic rings. The van der Waals surface area contributed by atoms with Crippen LogP contribution >= 0.6 is 0 Å². The SMILES string of the molecule is CC(=O)NC1C(O[C@@H]2OC(COC(C)=O)[C@H](OC(C)=O)C(OC(C)=O)C2OC(C)=O)[C@H]2OC(c3ccccc3)OCC2O[C@H]1Oc1ccc2c(C)cc(=O)oc2c1. The maximum atomic E-state index is 12.9. The number of carbonyl (C=O) groups excluding carboxylic acids is 5. The first-order chi connectivity index (χ1) is 27.2.